The van der Waals surface area contributed by atoms with Crippen molar-refractivity contribution >= 4 is 72.8 Å². The number of hydrogen-bond donors (Lipinski definition) is 0. The van der Waals surface area contributed by atoms with Crippen LogP contribution in [0.1, 0.15) is 61.7 Å². The first kappa shape index (κ1) is 41.0. The summed E-state index contributed by atoms with van der Waals surface area (Å²) in [6, 6.07) is 56.1. The van der Waals surface area contributed by atoms with Gasteiger partial charge in [-0.2, -0.15) is 0 Å². The zero-order valence-corrected chi connectivity index (χ0v) is 36.5. The Morgan fingerprint density at radius 1 is 0.500 bits per heavy atom. The first-order valence-corrected chi connectivity index (χ1v) is 24.2. The second-order valence-electron chi connectivity index (χ2n) is 16.3. The summed E-state index contributed by atoms with van der Waals surface area (Å²) in [6.45, 7) is 16.5. The van der Waals surface area contributed by atoms with Crippen molar-refractivity contribution in [1.82, 2.24) is 0 Å². The number of hydrogen-bond acceptors (Lipinski definition) is 5. The standard InChI is InChI=1S/C49H55NO3SSi2/c1-48(2,3)55(44-19-11-7-12-20-44,45-21-13-8-14-22-45)52-37-35-50(41-30-27-40(28-31-41)29-32-42-33-34-43(39-51)54-42)36-38-53-56(49(4,5)6,46-23-15-9-16-24-46)47-25-17-10-18-26-47/h7-34,39H,35-38H2,1-6H3/b32-29+. The molecule has 0 saturated carbocycles. The Kier molecular flexibility index (Phi) is 13.2. The minimum Gasteiger partial charge on any atom is -0.406 e. The second kappa shape index (κ2) is 18.1. The van der Waals surface area contributed by atoms with E-state index < -0.39 is 16.6 Å². The lowest BCUT2D eigenvalue weighted by Crippen LogP contribution is -2.67. The molecule has 56 heavy (non-hydrogen) atoms. The highest BCUT2D eigenvalue weighted by atomic mass is 32.1. The van der Waals surface area contributed by atoms with E-state index in [-0.39, 0.29) is 10.1 Å². The van der Waals surface area contributed by atoms with Crippen molar-refractivity contribution in [1.29, 1.82) is 0 Å². The average Bonchev–Trinajstić information content (AvgIpc) is 3.68. The van der Waals surface area contributed by atoms with Gasteiger partial charge in [0.15, 0.2) is 6.29 Å². The van der Waals surface area contributed by atoms with Gasteiger partial charge in [0.1, 0.15) is 0 Å². The topological polar surface area (TPSA) is 38.8 Å². The van der Waals surface area contributed by atoms with E-state index in [9.17, 15) is 4.79 Å². The Hall–Kier alpha value is -4.64. The Balaban J connectivity index is 1.32. The van der Waals surface area contributed by atoms with Crippen LogP contribution in [0, 0.1) is 0 Å². The quantitative estimate of drug-likeness (QED) is 0.0723. The van der Waals surface area contributed by atoms with E-state index >= 15 is 0 Å². The number of anilines is 1. The number of aldehydes is 1. The molecule has 5 aromatic carbocycles. The molecule has 288 valence electrons. The van der Waals surface area contributed by atoms with Crippen LogP contribution < -0.4 is 25.6 Å². The van der Waals surface area contributed by atoms with E-state index in [4.69, 9.17) is 8.85 Å². The van der Waals surface area contributed by atoms with E-state index in [0.29, 0.717) is 26.3 Å². The van der Waals surface area contributed by atoms with Crippen molar-refractivity contribution in [3.05, 3.63) is 173 Å². The maximum absolute atomic E-state index is 11.2. The molecule has 7 heteroatoms. The van der Waals surface area contributed by atoms with Crippen LogP contribution in [-0.2, 0) is 8.85 Å². The summed E-state index contributed by atoms with van der Waals surface area (Å²) in [5.74, 6) is 0. The molecule has 1 heterocycles. The first-order valence-electron chi connectivity index (χ1n) is 19.6. The number of thiophene rings is 1. The molecule has 6 rings (SSSR count). The number of benzene rings is 5. The predicted molar refractivity (Wildman–Crippen MR) is 244 cm³/mol. The van der Waals surface area contributed by atoms with Gasteiger partial charge in [-0.25, -0.2) is 0 Å². The van der Waals surface area contributed by atoms with Gasteiger partial charge in [-0.15, -0.1) is 11.3 Å². The Labute approximate surface area is 340 Å². The number of nitrogens with zero attached hydrogens (tertiary/aromatic N) is 1. The van der Waals surface area contributed by atoms with Crippen LogP contribution >= 0.6 is 11.3 Å². The van der Waals surface area contributed by atoms with Gasteiger partial charge in [-0.05, 0) is 66.7 Å². The monoisotopic (exact) mass is 793 g/mol. The third kappa shape index (κ3) is 8.98. The van der Waals surface area contributed by atoms with Gasteiger partial charge >= 0.3 is 0 Å². The van der Waals surface area contributed by atoms with E-state index in [2.05, 4.69) is 204 Å². The van der Waals surface area contributed by atoms with Crippen molar-refractivity contribution in [3.8, 4) is 0 Å². The van der Waals surface area contributed by atoms with Crippen molar-refractivity contribution in [2.24, 2.45) is 0 Å². The molecule has 0 radical (unpaired) electrons. The van der Waals surface area contributed by atoms with Crippen molar-refractivity contribution in [3.63, 3.8) is 0 Å². The SMILES string of the molecule is CC(C)(C)[Si](OCCN(CCO[Si](c1ccccc1)(c1ccccc1)C(C)(C)C)c1ccc(/C=C/c2ccc(C=O)s2)cc1)(c1ccccc1)c1ccccc1. The molecule has 0 unspecified atom stereocenters. The van der Waals surface area contributed by atoms with Gasteiger partial charge in [-0.3, -0.25) is 4.79 Å². The maximum Gasteiger partial charge on any atom is 0.261 e. The van der Waals surface area contributed by atoms with E-state index in [1.165, 1.54) is 32.1 Å². The van der Waals surface area contributed by atoms with Crippen molar-refractivity contribution < 1.29 is 13.6 Å². The third-order valence-corrected chi connectivity index (χ3v) is 21.7. The van der Waals surface area contributed by atoms with Crippen LogP contribution in [0.5, 0.6) is 0 Å². The summed E-state index contributed by atoms with van der Waals surface area (Å²) in [5.41, 5.74) is 2.22. The third-order valence-electron chi connectivity index (χ3n) is 10.7. The number of carbonyl (C=O) groups is 1. The Bertz CT molecular complexity index is 1950. The van der Waals surface area contributed by atoms with Crippen LogP contribution in [0.25, 0.3) is 12.2 Å². The average molecular weight is 794 g/mol. The van der Waals surface area contributed by atoms with E-state index in [0.717, 1.165) is 27.3 Å². The van der Waals surface area contributed by atoms with Crippen molar-refractivity contribution in [2.45, 2.75) is 51.6 Å². The second-order valence-corrected chi connectivity index (χ2v) is 26.1. The molecular weight excluding hydrogens is 739 g/mol. The molecule has 4 nitrogen and oxygen atoms in total. The van der Waals surface area contributed by atoms with Gasteiger partial charge in [0.05, 0.1) is 18.1 Å². The van der Waals surface area contributed by atoms with Gasteiger partial charge in [-0.1, -0.05) is 181 Å². The summed E-state index contributed by atoms with van der Waals surface area (Å²) in [6.07, 6.45) is 5.08. The largest absolute Gasteiger partial charge is 0.406 e. The van der Waals surface area contributed by atoms with E-state index in [1.807, 2.05) is 12.1 Å². The van der Waals surface area contributed by atoms with Gasteiger partial charge < -0.3 is 13.8 Å². The smallest absolute Gasteiger partial charge is 0.261 e. The molecule has 0 atom stereocenters. The van der Waals surface area contributed by atoms with Crippen LogP contribution in [0.15, 0.2) is 158 Å². The van der Waals surface area contributed by atoms with Gasteiger partial charge in [0, 0.05) is 23.7 Å². The molecule has 1 aromatic heterocycles. The molecule has 0 aliphatic carbocycles. The Morgan fingerprint density at radius 2 is 0.875 bits per heavy atom. The maximum atomic E-state index is 11.2. The fourth-order valence-corrected chi connectivity index (χ4v) is 17.8. The molecule has 0 saturated heterocycles. The number of rotatable bonds is 16. The highest BCUT2D eigenvalue weighted by Gasteiger charge is 2.51. The molecule has 0 amide bonds. The summed E-state index contributed by atoms with van der Waals surface area (Å²) in [5, 5.41) is 4.89. The molecule has 0 bridgehead atoms. The fraction of sp³-hybridized carbons (Fsp3) is 0.245. The lowest BCUT2D eigenvalue weighted by atomic mass is 10.1. The van der Waals surface area contributed by atoms with Gasteiger partial charge in [0.25, 0.3) is 16.6 Å². The lowest BCUT2D eigenvalue weighted by Gasteiger charge is -2.44. The minimum atomic E-state index is -2.73. The Morgan fingerprint density at radius 3 is 1.21 bits per heavy atom. The molecular formula is C49H55NO3SSi2. The van der Waals surface area contributed by atoms with Crippen LogP contribution in [0.2, 0.25) is 10.1 Å². The summed E-state index contributed by atoms with van der Waals surface area (Å²) < 4.78 is 14.8. The van der Waals surface area contributed by atoms with Gasteiger partial charge in [0.2, 0.25) is 0 Å². The molecule has 0 N–H and O–H groups in total. The summed E-state index contributed by atoms with van der Waals surface area (Å²) in [4.78, 5) is 15.4. The fourth-order valence-electron chi connectivity index (χ4n) is 8.01. The molecule has 6 aromatic rings. The van der Waals surface area contributed by atoms with Crippen LogP contribution in [0.3, 0.4) is 0 Å². The van der Waals surface area contributed by atoms with Crippen LogP contribution in [-0.4, -0.2) is 49.2 Å². The normalized spacial score (nSPS) is 12.5. The zero-order chi connectivity index (χ0) is 39.7. The molecule has 0 aliphatic rings. The molecule has 0 aliphatic heterocycles. The summed E-state index contributed by atoms with van der Waals surface area (Å²) in [7, 11) is -5.45. The molecule has 0 fully saturated rings. The van der Waals surface area contributed by atoms with E-state index in [1.54, 1.807) is 0 Å². The highest BCUT2D eigenvalue weighted by molar-refractivity contribution is 7.14. The molecule has 0 spiro atoms. The van der Waals surface area contributed by atoms with Crippen LogP contribution in [0.4, 0.5) is 5.69 Å². The summed E-state index contributed by atoms with van der Waals surface area (Å²) >= 11 is 1.49. The lowest BCUT2D eigenvalue weighted by molar-refractivity contribution is 0.112. The zero-order valence-electron chi connectivity index (χ0n) is 33.7. The number of carbonyl (C=O) groups excluding carboxylic acids is 1. The first-order chi connectivity index (χ1) is 27.0. The minimum absolute atomic E-state index is 0.115. The highest BCUT2D eigenvalue weighted by Crippen LogP contribution is 2.38. The predicted octanol–water partition coefficient (Wildman–Crippen LogP) is 9.69. The van der Waals surface area contributed by atoms with Crippen molar-refractivity contribution in [2.75, 3.05) is 31.2 Å².